The highest BCUT2D eigenvalue weighted by atomic mass is 19.1. The van der Waals surface area contributed by atoms with Crippen LogP contribution in [-0.2, 0) is 4.74 Å². The van der Waals surface area contributed by atoms with Gasteiger partial charge in [0.1, 0.15) is 23.6 Å². The first-order valence-corrected chi connectivity index (χ1v) is 8.86. The molecule has 1 aromatic heterocycles. The third-order valence-corrected chi connectivity index (χ3v) is 4.37. The third kappa shape index (κ3) is 4.09. The van der Waals surface area contributed by atoms with Gasteiger partial charge in [0, 0.05) is 37.1 Å². The normalized spacial score (nSPS) is 14.8. The summed E-state index contributed by atoms with van der Waals surface area (Å²) in [7, 11) is 0. The Morgan fingerprint density at radius 1 is 0.964 bits per heavy atom. The Morgan fingerprint density at radius 3 is 2.71 bits per heavy atom. The number of nitrogens with one attached hydrogen (secondary N) is 1. The number of rotatable bonds is 4. The lowest BCUT2D eigenvalue weighted by atomic mass is 10.2. The van der Waals surface area contributed by atoms with E-state index in [4.69, 9.17) is 4.74 Å². The minimum absolute atomic E-state index is 0.0615. The number of hydrogen-bond acceptors (Lipinski definition) is 5. The highest BCUT2D eigenvalue weighted by molar-refractivity contribution is 5.62. The summed E-state index contributed by atoms with van der Waals surface area (Å²) in [5.74, 6) is -1.66. The fourth-order valence-electron chi connectivity index (χ4n) is 3.07. The number of benzene rings is 2. The Bertz CT molecular complexity index is 970. The maximum Gasteiger partial charge on any atom is 0.246 e. The van der Waals surface area contributed by atoms with E-state index in [0.29, 0.717) is 25.4 Å². The van der Waals surface area contributed by atoms with Gasteiger partial charge in [-0.1, -0.05) is 0 Å². The highest BCUT2D eigenvalue weighted by Gasteiger charge is 2.13. The Hall–Kier alpha value is -3.07. The van der Waals surface area contributed by atoms with Crippen molar-refractivity contribution in [2.75, 3.05) is 36.5 Å². The molecule has 2 aromatic carbocycles. The summed E-state index contributed by atoms with van der Waals surface area (Å²) in [5.41, 5.74) is 1.26. The van der Waals surface area contributed by atoms with Crippen molar-refractivity contribution in [2.45, 2.75) is 6.42 Å². The quantitative estimate of drug-likeness (QED) is 0.738. The molecule has 1 saturated heterocycles. The van der Waals surface area contributed by atoms with E-state index in [1.54, 1.807) is 6.07 Å². The minimum Gasteiger partial charge on any atom is -0.380 e. The predicted molar refractivity (Wildman–Crippen MR) is 98.6 cm³/mol. The van der Waals surface area contributed by atoms with E-state index in [0.717, 1.165) is 30.8 Å². The zero-order chi connectivity index (χ0) is 19.5. The molecule has 146 valence electrons. The van der Waals surface area contributed by atoms with Crippen molar-refractivity contribution in [3.8, 4) is 5.69 Å². The van der Waals surface area contributed by atoms with Crippen LogP contribution in [0.2, 0.25) is 0 Å². The molecule has 1 aliphatic heterocycles. The van der Waals surface area contributed by atoms with Gasteiger partial charge in [-0.15, -0.1) is 5.10 Å². The van der Waals surface area contributed by atoms with Gasteiger partial charge in [0.2, 0.25) is 5.95 Å². The van der Waals surface area contributed by atoms with E-state index >= 15 is 0 Å². The first-order chi connectivity index (χ1) is 13.6. The van der Waals surface area contributed by atoms with E-state index in [2.05, 4.69) is 20.3 Å². The minimum atomic E-state index is -0.757. The molecule has 2 heterocycles. The fourth-order valence-corrected chi connectivity index (χ4v) is 3.07. The van der Waals surface area contributed by atoms with Crippen LogP contribution in [0.5, 0.6) is 0 Å². The molecule has 3 aromatic rings. The van der Waals surface area contributed by atoms with Gasteiger partial charge in [-0.25, -0.2) is 17.9 Å². The fraction of sp³-hybridized carbons (Fsp3) is 0.263. The van der Waals surface area contributed by atoms with Crippen molar-refractivity contribution in [3.63, 3.8) is 0 Å². The lowest BCUT2D eigenvalue weighted by Gasteiger charge is -2.22. The molecule has 0 bridgehead atoms. The second-order valence-corrected chi connectivity index (χ2v) is 6.38. The third-order valence-electron chi connectivity index (χ3n) is 4.37. The van der Waals surface area contributed by atoms with Gasteiger partial charge in [-0.05, 0) is 36.8 Å². The second-order valence-electron chi connectivity index (χ2n) is 6.38. The van der Waals surface area contributed by atoms with Gasteiger partial charge in [0.05, 0.1) is 6.61 Å². The van der Waals surface area contributed by atoms with Crippen LogP contribution in [0, 0.1) is 17.5 Å². The van der Waals surface area contributed by atoms with Crippen molar-refractivity contribution in [1.29, 1.82) is 0 Å². The van der Waals surface area contributed by atoms with Crippen LogP contribution in [0.1, 0.15) is 6.42 Å². The van der Waals surface area contributed by atoms with Crippen LogP contribution in [0.15, 0.2) is 42.7 Å². The van der Waals surface area contributed by atoms with Crippen LogP contribution in [0.25, 0.3) is 5.69 Å². The molecule has 1 fully saturated rings. The molecule has 4 rings (SSSR count). The molecular weight excluding hydrogens is 371 g/mol. The maximum absolute atomic E-state index is 14.1. The van der Waals surface area contributed by atoms with E-state index < -0.39 is 17.5 Å². The molecule has 0 saturated carbocycles. The van der Waals surface area contributed by atoms with Gasteiger partial charge >= 0.3 is 0 Å². The zero-order valence-electron chi connectivity index (χ0n) is 14.9. The number of halogens is 3. The molecule has 0 atom stereocenters. The SMILES string of the molecule is Fc1cc(Nc2ncn(-c3ccc(F)cc3F)n2)cc(N2CCCOCC2)c1. The number of ether oxygens (including phenoxy) is 1. The molecular formula is C19H18F3N5O. The molecule has 0 amide bonds. The van der Waals surface area contributed by atoms with Crippen molar-refractivity contribution >= 4 is 17.3 Å². The number of aromatic nitrogens is 3. The Kier molecular flexibility index (Phi) is 5.16. The molecule has 1 N–H and O–H groups in total. The molecule has 6 nitrogen and oxygen atoms in total. The van der Waals surface area contributed by atoms with E-state index in [-0.39, 0.29) is 11.6 Å². The van der Waals surface area contributed by atoms with Crippen LogP contribution in [0.3, 0.4) is 0 Å². The summed E-state index contributed by atoms with van der Waals surface area (Å²) >= 11 is 0. The van der Waals surface area contributed by atoms with Crippen molar-refractivity contribution in [2.24, 2.45) is 0 Å². The van der Waals surface area contributed by atoms with Crippen LogP contribution in [0.4, 0.5) is 30.5 Å². The summed E-state index contributed by atoms with van der Waals surface area (Å²) in [4.78, 5) is 6.12. The van der Waals surface area contributed by atoms with E-state index in [1.165, 1.54) is 29.2 Å². The van der Waals surface area contributed by atoms with Crippen LogP contribution < -0.4 is 10.2 Å². The Balaban J connectivity index is 1.55. The lowest BCUT2D eigenvalue weighted by Crippen LogP contribution is -2.26. The smallest absolute Gasteiger partial charge is 0.246 e. The summed E-state index contributed by atoms with van der Waals surface area (Å²) in [6.45, 7) is 2.74. The molecule has 28 heavy (non-hydrogen) atoms. The van der Waals surface area contributed by atoms with Crippen molar-refractivity contribution in [1.82, 2.24) is 14.8 Å². The monoisotopic (exact) mass is 389 g/mol. The Morgan fingerprint density at radius 2 is 1.86 bits per heavy atom. The van der Waals surface area contributed by atoms with Gasteiger partial charge < -0.3 is 15.0 Å². The predicted octanol–water partition coefficient (Wildman–Crippen LogP) is 3.65. The van der Waals surface area contributed by atoms with Gasteiger partial charge in [-0.2, -0.15) is 4.98 Å². The highest BCUT2D eigenvalue weighted by Crippen LogP contribution is 2.25. The van der Waals surface area contributed by atoms with Crippen molar-refractivity contribution < 1.29 is 17.9 Å². The summed E-state index contributed by atoms with van der Waals surface area (Å²) in [6, 6.07) is 7.77. The van der Waals surface area contributed by atoms with E-state index in [9.17, 15) is 13.2 Å². The molecule has 0 unspecified atom stereocenters. The van der Waals surface area contributed by atoms with Crippen LogP contribution in [-0.4, -0.2) is 41.1 Å². The lowest BCUT2D eigenvalue weighted by molar-refractivity contribution is 0.152. The number of hydrogen-bond donors (Lipinski definition) is 1. The number of anilines is 3. The standard InChI is InChI=1S/C19H18F3N5O/c20-13-2-3-18(17(22)10-13)27-12-23-19(25-27)24-15-8-14(21)9-16(11-15)26-4-1-6-28-7-5-26/h2-3,8-12H,1,4-7H2,(H,24,25). The molecule has 0 aliphatic carbocycles. The van der Waals surface area contributed by atoms with Crippen molar-refractivity contribution in [3.05, 3.63) is 60.2 Å². The Labute approximate surface area is 159 Å². The topological polar surface area (TPSA) is 55.2 Å². The molecule has 1 aliphatic rings. The first-order valence-electron chi connectivity index (χ1n) is 8.86. The van der Waals surface area contributed by atoms with Gasteiger partial charge in [-0.3, -0.25) is 0 Å². The van der Waals surface area contributed by atoms with Gasteiger partial charge in [0.25, 0.3) is 0 Å². The number of nitrogens with zero attached hydrogens (tertiary/aromatic N) is 4. The average molecular weight is 389 g/mol. The zero-order valence-corrected chi connectivity index (χ0v) is 14.9. The molecule has 9 heteroatoms. The summed E-state index contributed by atoms with van der Waals surface area (Å²) in [6.07, 6.45) is 2.17. The molecule has 0 radical (unpaired) electrons. The van der Waals surface area contributed by atoms with E-state index in [1.807, 2.05) is 0 Å². The second kappa shape index (κ2) is 7.89. The van der Waals surface area contributed by atoms with Gasteiger partial charge in [0.15, 0.2) is 5.82 Å². The largest absolute Gasteiger partial charge is 0.380 e. The van der Waals surface area contributed by atoms with Crippen LogP contribution >= 0.6 is 0 Å². The molecule has 0 spiro atoms. The summed E-state index contributed by atoms with van der Waals surface area (Å²) in [5, 5.41) is 7.05. The maximum atomic E-state index is 14.1. The summed E-state index contributed by atoms with van der Waals surface area (Å²) < 4.78 is 47.7. The first kappa shape index (κ1) is 18.3. The average Bonchev–Trinajstić information content (AvgIpc) is 2.93.